The third-order valence-corrected chi connectivity index (χ3v) is 3.31. The topological polar surface area (TPSA) is 25.8 Å². The number of rotatable bonds is 3. The number of fused-ring (bicyclic) bond motifs is 1. The Balaban J connectivity index is 2.34. The van der Waals surface area contributed by atoms with Gasteiger partial charge in [0.25, 0.3) is 0 Å². The van der Waals surface area contributed by atoms with Gasteiger partial charge in [-0.3, -0.25) is 4.98 Å². The van der Waals surface area contributed by atoms with Gasteiger partial charge in [-0.15, -0.1) is 11.8 Å². The third-order valence-electron chi connectivity index (χ3n) is 2.11. The molecule has 0 atom stereocenters. The number of nitrogens with zero attached hydrogens (tertiary/aromatic N) is 2. The average molecular weight is 218 g/mol. The minimum atomic E-state index is 0.969. The van der Waals surface area contributed by atoms with Crippen LogP contribution in [0.15, 0.2) is 29.3 Å². The zero-order valence-corrected chi connectivity index (χ0v) is 9.84. The minimum Gasteiger partial charge on any atom is -0.253 e. The summed E-state index contributed by atoms with van der Waals surface area (Å²) in [5.74, 6) is 1.16. The number of hydrogen-bond acceptors (Lipinski definition) is 3. The van der Waals surface area contributed by atoms with Crippen molar-refractivity contribution in [3.05, 3.63) is 30.1 Å². The standard InChI is InChI=1S/C12H14N2S/c1-3-6-15-10-4-5-11-12(7-10)13-8-9(2)14-11/h4-5,7-8H,3,6H2,1-2H3. The first kappa shape index (κ1) is 10.4. The fraction of sp³-hybridized carbons (Fsp3) is 0.333. The number of thioether (sulfide) groups is 1. The SMILES string of the molecule is CCCSc1ccc2nc(C)cnc2c1. The van der Waals surface area contributed by atoms with Crippen LogP contribution in [0.2, 0.25) is 0 Å². The second-order valence-electron chi connectivity index (χ2n) is 3.51. The molecule has 2 aromatic rings. The Kier molecular flexibility index (Phi) is 3.21. The van der Waals surface area contributed by atoms with Crippen molar-refractivity contribution in [1.29, 1.82) is 0 Å². The second-order valence-corrected chi connectivity index (χ2v) is 4.68. The first-order chi connectivity index (χ1) is 7.29. The van der Waals surface area contributed by atoms with Gasteiger partial charge in [0.05, 0.1) is 16.7 Å². The van der Waals surface area contributed by atoms with Gasteiger partial charge in [-0.2, -0.15) is 0 Å². The van der Waals surface area contributed by atoms with Crippen LogP contribution in [-0.2, 0) is 0 Å². The molecule has 0 fully saturated rings. The van der Waals surface area contributed by atoms with E-state index in [1.807, 2.05) is 30.9 Å². The van der Waals surface area contributed by atoms with Gasteiger partial charge in [0.1, 0.15) is 0 Å². The van der Waals surface area contributed by atoms with Crippen molar-refractivity contribution in [2.45, 2.75) is 25.2 Å². The van der Waals surface area contributed by atoms with E-state index < -0.39 is 0 Å². The summed E-state index contributed by atoms with van der Waals surface area (Å²) in [6, 6.07) is 6.28. The summed E-state index contributed by atoms with van der Waals surface area (Å²) in [4.78, 5) is 10.1. The molecule has 0 bridgehead atoms. The number of aromatic nitrogens is 2. The summed E-state index contributed by atoms with van der Waals surface area (Å²) in [6.07, 6.45) is 3.01. The van der Waals surface area contributed by atoms with Gasteiger partial charge in [0, 0.05) is 11.1 Å². The molecule has 0 spiro atoms. The maximum atomic E-state index is 4.43. The van der Waals surface area contributed by atoms with Gasteiger partial charge in [0.2, 0.25) is 0 Å². The molecule has 2 rings (SSSR count). The highest BCUT2D eigenvalue weighted by atomic mass is 32.2. The summed E-state index contributed by atoms with van der Waals surface area (Å²) in [7, 11) is 0. The molecule has 0 radical (unpaired) electrons. The number of benzene rings is 1. The first-order valence-corrected chi connectivity index (χ1v) is 6.14. The van der Waals surface area contributed by atoms with Crippen LogP contribution in [0.3, 0.4) is 0 Å². The van der Waals surface area contributed by atoms with Crippen molar-refractivity contribution in [2.24, 2.45) is 0 Å². The lowest BCUT2D eigenvalue weighted by Crippen LogP contribution is -1.87. The van der Waals surface area contributed by atoms with Gasteiger partial charge in [-0.1, -0.05) is 6.92 Å². The molecule has 0 saturated heterocycles. The largest absolute Gasteiger partial charge is 0.253 e. The molecular weight excluding hydrogens is 204 g/mol. The van der Waals surface area contributed by atoms with E-state index in [0.29, 0.717) is 0 Å². The summed E-state index contributed by atoms with van der Waals surface area (Å²) in [6.45, 7) is 4.16. The van der Waals surface area contributed by atoms with E-state index in [9.17, 15) is 0 Å². The third kappa shape index (κ3) is 2.48. The van der Waals surface area contributed by atoms with Gasteiger partial charge in [-0.25, -0.2) is 4.98 Å². The monoisotopic (exact) mass is 218 g/mol. The molecular formula is C12H14N2S. The summed E-state index contributed by atoms with van der Waals surface area (Å²) < 4.78 is 0. The maximum absolute atomic E-state index is 4.43. The highest BCUT2D eigenvalue weighted by molar-refractivity contribution is 7.99. The maximum Gasteiger partial charge on any atom is 0.0898 e. The van der Waals surface area contributed by atoms with Crippen LogP contribution < -0.4 is 0 Å². The highest BCUT2D eigenvalue weighted by Crippen LogP contribution is 2.22. The van der Waals surface area contributed by atoms with Crippen LogP contribution in [0, 0.1) is 6.92 Å². The van der Waals surface area contributed by atoms with Gasteiger partial charge >= 0.3 is 0 Å². The molecule has 0 saturated carbocycles. The second kappa shape index (κ2) is 4.62. The molecule has 0 N–H and O–H groups in total. The van der Waals surface area contributed by atoms with Gasteiger partial charge in [0.15, 0.2) is 0 Å². The zero-order valence-electron chi connectivity index (χ0n) is 9.03. The van der Waals surface area contributed by atoms with Crippen molar-refractivity contribution in [3.63, 3.8) is 0 Å². The van der Waals surface area contributed by atoms with Crippen LogP contribution >= 0.6 is 11.8 Å². The van der Waals surface area contributed by atoms with E-state index in [1.165, 1.54) is 11.3 Å². The normalized spacial score (nSPS) is 10.8. The van der Waals surface area contributed by atoms with Crippen LogP contribution in [0.25, 0.3) is 11.0 Å². The van der Waals surface area contributed by atoms with E-state index in [2.05, 4.69) is 29.0 Å². The molecule has 78 valence electrons. The van der Waals surface area contributed by atoms with Crippen molar-refractivity contribution < 1.29 is 0 Å². The molecule has 0 aliphatic rings. The quantitative estimate of drug-likeness (QED) is 0.738. The lowest BCUT2D eigenvalue weighted by atomic mass is 10.3. The highest BCUT2D eigenvalue weighted by Gasteiger charge is 1.99. The Labute approximate surface area is 94.1 Å². The van der Waals surface area contributed by atoms with E-state index in [4.69, 9.17) is 0 Å². The summed E-state index contributed by atoms with van der Waals surface area (Å²) >= 11 is 1.87. The Morgan fingerprint density at radius 3 is 2.93 bits per heavy atom. The Morgan fingerprint density at radius 1 is 1.27 bits per heavy atom. The number of hydrogen-bond donors (Lipinski definition) is 0. The molecule has 0 unspecified atom stereocenters. The van der Waals surface area contributed by atoms with E-state index in [-0.39, 0.29) is 0 Å². The van der Waals surface area contributed by atoms with Crippen molar-refractivity contribution in [1.82, 2.24) is 9.97 Å². The van der Waals surface area contributed by atoms with Crippen LogP contribution in [-0.4, -0.2) is 15.7 Å². The molecule has 1 heterocycles. The molecule has 2 nitrogen and oxygen atoms in total. The Morgan fingerprint density at radius 2 is 2.13 bits per heavy atom. The molecule has 0 amide bonds. The summed E-state index contributed by atoms with van der Waals surface area (Å²) in [5.41, 5.74) is 2.94. The van der Waals surface area contributed by atoms with Crippen LogP contribution in [0.4, 0.5) is 0 Å². The predicted octanol–water partition coefficient (Wildman–Crippen LogP) is 3.44. The fourth-order valence-electron chi connectivity index (χ4n) is 1.39. The predicted molar refractivity (Wildman–Crippen MR) is 65.3 cm³/mol. The smallest absolute Gasteiger partial charge is 0.0898 e. The summed E-state index contributed by atoms with van der Waals surface area (Å²) in [5, 5.41) is 0. The lowest BCUT2D eigenvalue weighted by molar-refractivity contribution is 1.10. The Hall–Kier alpha value is -1.09. The van der Waals surface area contributed by atoms with Crippen LogP contribution in [0.1, 0.15) is 19.0 Å². The molecule has 1 aromatic carbocycles. The van der Waals surface area contributed by atoms with Crippen molar-refractivity contribution in [3.8, 4) is 0 Å². The Bertz CT molecular complexity index is 468. The number of aryl methyl sites for hydroxylation is 1. The molecule has 0 aliphatic heterocycles. The first-order valence-electron chi connectivity index (χ1n) is 5.16. The molecule has 15 heavy (non-hydrogen) atoms. The molecule has 1 aromatic heterocycles. The van der Waals surface area contributed by atoms with E-state index in [1.54, 1.807) is 0 Å². The lowest BCUT2D eigenvalue weighted by Gasteiger charge is -2.02. The molecule has 3 heteroatoms. The van der Waals surface area contributed by atoms with Gasteiger partial charge in [-0.05, 0) is 37.3 Å². The average Bonchev–Trinajstić information content (AvgIpc) is 2.26. The minimum absolute atomic E-state index is 0.969. The fourth-order valence-corrected chi connectivity index (χ4v) is 2.19. The van der Waals surface area contributed by atoms with Crippen molar-refractivity contribution >= 4 is 22.8 Å². The van der Waals surface area contributed by atoms with Gasteiger partial charge < -0.3 is 0 Å². The van der Waals surface area contributed by atoms with Crippen LogP contribution in [0.5, 0.6) is 0 Å². The van der Waals surface area contributed by atoms with E-state index in [0.717, 1.165) is 22.5 Å². The molecule has 0 aliphatic carbocycles. The zero-order chi connectivity index (χ0) is 10.7. The van der Waals surface area contributed by atoms with Crippen molar-refractivity contribution in [2.75, 3.05) is 5.75 Å². The van der Waals surface area contributed by atoms with E-state index >= 15 is 0 Å².